The van der Waals surface area contributed by atoms with E-state index < -0.39 is 0 Å². The molecule has 0 heterocycles. The number of rotatable bonds is 7. The lowest BCUT2D eigenvalue weighted by Gasteiger charge is -2.11. The molecule has 0 amide bonds. The summed E-state index contributed by atoms with van der Waals surface area (Å²) >= 11 is 0. The monoisotopic (exact) mass is 222 g/mol. The van der Waals surface area contributed by atoms with Crippen LogP contribution in [0.4, 0.5) is 5.69 Å². The van der Waals surface area contributed by atoms with Crippen molar-refractivity contribution < 1.29 is 4.74 Å². The van der Waals surface area contributed by atoms with E-state index in [4.69, 9.17) is 4.74 Å². The molecule has 3 nitrogen and oxygen atoms in total. The van der Waals surface area contributed by atoms with Crippen LogP contribution in [0.1, 0.15) is 13.3 Å². The summed E-state index contributed by atoms with van der Waals surface area (Å²) in [5.41, 5.74) is 1.15. The van der Waals surface area contributed by atoms with Gasteiger partial charge in [0.25, 0.3) is 0 Å². The highest BCUT2D eigenvalue weighted by Gasteiger charge is 1.95. The molecular formula is C13H22N2O. The minimum atomic E-state index is 0.731. The zero-order chi connectivity index (χ0) is 11.8. The first-order valence-electron chi connectivity index (χ1n) is 5.84. The first-order chi connectivity index (χ1) is 7.72. The summed E-state index contributed by atoms with van der Waals surface area (Å²) in [6.45, 7) is 4.84. The lowest BCUT2D eigenvalue weighted by Crippen LogP contribution is -2.19. The molecule has 0 saturated heterocycles. The first-order valence-corrected chi connectivity index (χ1v) is 5.84. The van der Waals surface area contributed by atoms with E-state index in [9.17, 15) is 0 Å². The van der Waals surface area contributed by atoms with Crippen LogP contribution in [-0.4, -0.2) is 38.7 Å². The minimum absolute atomic E-state index is 0.731. The number of nitrogens with one attached hydrogen (secondary N) is 1. The van der Waals surface area contributed by atoms with Crippen LogP contribution >= 0.6 is 0 Å². The number of nitrogens with zero attached hydrogens (tertiary/aromatic N) is 1. The van der Waals surface area contributed by atoms with Crippen molar-refractivity contribution >= 4 is 5.69 Å². The highest BCUT2D eigenvalue weighted by molar-refractivity contribution is 5.46. The smallest absolute Gasteiger partial charge is 0.119 e. The predicted molar refractivity (Wildman–Crippen MR) is 69.3 cm³/mol. The van der Waals surface area contributed by atoms with E-state index >= 15 is 0 Å². The molecule has 0 saturated carbocycles. The van der Waals surface area contributed by atoms with Crippen LogP contribution in [0.15, 0.2) is 24.3 Å². The second-order valence-electron chi connectivity index (χ2n) is 4.10. The Kier molecular flexibility index (Phi) is 5.72. The van der Waals surface area contributed by atoms with Gasteiger partial charge in [-0.2, -0.15) is 0 Å². The summed E-state index contributed by atoms with van der Waals surface area (Å²) in [4.78, 5) is 2.11. The normalized spacial score (nSPS) is 10.5. The van der Waals surface area contributed by atoms with Gasteiger partial charge in [0, 0.05) is 18.8 Å². The van der Waals surface area contributed by atoms with Gasteiger partial charge in [-0.3, -0.25) is 0 Å². The summed E-state index contributed by atoms with van der Waals surface area (Å²) in [7, 11) is 4.09. The quantitative estimate of drug-likeness (QED) is 0.767. The molecule has 1 aromatic carbocycles. The van der Waals surface area contributed by atoms with Crippen LogP contribution in [0.2, 0.25) is 0 Å². The van der Waals surface area contributed by atoms with Gasteiger partial charge in [0.2, 0.25) is 0 Å². The van der Waals surface area contributed by atoms with Crippen molar-refractivity contribution in [2.24, 2.45) is 0 Å². The molecule has 90 valence electrons. The third-order valence-corrected chi connectivity index (χ3v) is 2.24. The molecule has 0 aliphatic heterocycles. The third-order valence-electron chi connectivity index (χ3n) is 2.24. The van der Waals surface area contributed by atoms with E-state index in [2.05, 4.69) is 29.3 Å². The van der Waals surface area contributed by atoms with E-state index in [-0.39, 0.29) is 0 Å². The molecule has 0 atom stereocenters. The van der Waals surface area contributed by atoms with Crippen LogP contribution in [0.5, 0.6) is 5.75 Å². The largest absolute Gasteiger partial charge is 0.492 e. The predicted octanol–water partition coefficient (Wildman–Crippen LogP) is 2.45. The van der Waals surface area contributed by atoms with Crippen molar-refractivity contribution in [3.8, 4) is 5.75 Å². The first kappa shape index (κ1) is 12.8. The van der Waals surface area contributed by atoms with Crippen molar-refractivity contribution in [3.05, 3.63) is 24.3 Å². The molecule has 0 bridgehead atoms. The van der Waals surface area contributed by atoms with Gasteiger partial charge in [-0.05, 0) is 44.8 Å². The Bertz CT molecular complexity index is 282. The summed E-state index contributed by atoms with van der Waals surface area (Å²) in [5.74, 6) is 0.934. The second kappa shape index (κ2) is 7.12. The maximum Gasteiger partial charge on any atom is 0.119 e. The van der Waals surface area contributed by atoms with E-state index in [1.54, 1.807) is 0 Å². The van der Waals surface area contributed by atoms with Gasteiger partial charge in [-0.15, -0.1) is 0 Å². The Morgan fingerprint density at radius 1 is 1.19 bits per heavy atom. The molecule has 0 aliphatic carbocycles. The Morgan fingerprint density at radius 3 is 2.44 bits per heavy atom. The van der Waals surface area contributed by atoms with Crippen molar-refractivity contribution in [3.63, 3.8) is 0 Å². The van der Waals surface area contributed by atoms with Crippen molar-refractivity contribution in [1.82, 2.24) is 4.90 Å². The number of anilines is 1. The van der Waals surface area contributed by atoms with Gasteiger partial charge in [0.05, 0.1) is 0 Å². The van der Waals surface area contributed by atoms with Crippen LogP contribution in [0.3, 0.4) is 0 Å². The lowest BCUT2D eigenvalue weighted by atomic mass is 10.3. The number of likely N-dealkylation sites (N-methyl/N-ethyl adjacent to an activating group) is 1. The van der Waals surface area contributed by atoms with E-state index in [0.717, 1.165) is 37.6 Å². The molecule has 1 N–H and O–H groups in total. The van der Waals surface area contributed by atoms with Gasteiger partial charge < -0.3 is 15.0 Å². The van der Waals surface area contributed by atoms with Gasteiger partial charge >= 0.3 is 0 Å². The fourth-order valence-electron chi connectivity index (χ4n) is 1.28. The maximum absolute atomic E-state index is 5.61. The van der Waals surface area contributed by atoms with Crippen LogP contribution in [0.25, 0.3) is 0 Å². The van der Waals surface area contributed by atoms with Crippen LogP contribution in [0, 0.1) is 0 Å². The van der Waals surface area contributed by atoms with Gasteiger partial charge in [-0.1, -0.05) is 6.92 Å². The fourth-order valence-corrected chi connectivity index (χ4v) is 1.28. The summed E-state index contributed by atoms with van der Waals surface area (Å²) in [6.07, 6.45) is 1.14. The number of ether oxygens (including phenoxy) is 1. The third kappa shape index (κ3) is 5.03. The molecule has 0 fully saturated rings. The molecule has 1 rings (SSSR count). The van der Waals surface area contributed by atoms with E-state index in [1.165, 1.54) is 0 Å². The fraction of sp³-hybridized carbons (Fsp3) is 0.538. The Hall–Kier alpha value is -1.22. The molecule has 0 radical (unpaired) electrons. The topological polar surface area (TPSA) is 24.5 Å². The molecule has 0 spiro atoms. The molecular weight excluding hydrogens is 200 g/mol. The molecule has 0 unspecified atom stereocenters. The van der Waals surface area contributed by atoms with Crippen molar-refractivity contribution in [2.45, 2.75) is 13.3 Å². The van der Waals surface area contributed by atoms with Crippen molar-refractivity contribution in [2.75, 3.05) is 39.1 Å². The number of benzene rings is 1. The van der Waals surface area contributed by atoms with E-state index in [0.29, 0.717) is 0 Å². The highest BCUT2D eigenvalue weighted by Crippen LogP contribution is 2.15. The highest BCUT2D eigenvalue weighted by atomic mass is 16.5. The van der Waals surface area contributed by atoms with Crippen molar-refractivity contribution in [1.29, 1.82) is 0 Å². The van der Waals surface area contributed by atoms with Gasteiger partial charge in [-0.25, -0.2) is 0 Å². The van der Waals surface area contributed by atoms with Gasteiger partial charge in [0.1, 0.15) is 12.4 Å². The minimum Gasteiger partial charge on any atom is -0.492 e. The molecule has 16 heavy (non-hydrogen) atoms. The van der Waals surface area contributed by atoms with E-state index in [1.807, 2.05) is 26.2 Å². The average Bonchev–Trinajstić information content (AvgIpc) is 2.27. The lowest BCUT2D eigenvalue weighted by molar-refractivity contribution is 0.261. The maximum atomic E-state index is 5.61. The molecule has 0 aliphatic rings. The summed E-state index contributed by atoms with van der Waals surface area (Å²) in [6, 6.07) is 8.13. The van der Waals surface area contributed by atoms with Gasteiger partial charge in [0.15, 0.2) is 0 Å². The molecule has 3 heteroatoms. The van der Waals surface area contributed by atoms with Crippen LogP contribution in [-0.2, 0) is 0 Å². The Morgan fingerprint density at radius 2 is 1.88 bits per heavy atom. The van der Waals surface area contributed by atoms with Crippen LogP contribution < -0.4 is 10.1 Å². The number of hydrogen-bond donors (Lipinski definition) is 1. The Balaban J connectivity index is 2.33. The average molecular weight is 222 g/mol. The summed E-state index contributed by atoms with van der Waals surface area (Å²) in [5, 5.41) is 3.33. The molecule has 0 aromatic heterocycles. The molecule has 1 aromatic rings. The number of hydrogen-bond acceptors (Lipinski definition) is 3. The SMILES string of the molecule is CCCNc1ccc(OCCN(C)C)cc1. The summed E-state index contributed by atoms with van der Waals surface area (Å²) < 4.78 is 5.61. The standard InChI is InChI=1S/C13H22N2O/c1-4-9-14-12-5-7-13(8-6-12)16-11-10-15(2)3/h5-8,14H,4,9-11H2,1-3H3. The second-order valence-corrected chi connectivity index (χ2v) is 4.10. The Labute approximate surface area is 98.4 Å². The zero-order valence-electron chi connectivity index (χ0n) is 10.5. The zero-order valence-corrected chi connectivity index (χ0v) is 10.5.